The first-order valence-corrected chi connectivity index (χ1v) is 12.8. The summed E-state index contributed by atoms with van der Waals surface area (Å²) in [5.74, 6) is 0.0359. The molecule has 4 N–H and O–H groups in total. The first kappa shape index (κ1) is 25.3. The molecule has 1 saturated heterocycles. The first-order chi connectivity index (χ1) is 16.9. The number of nitrogens with two attached hydrogens (primary N) is 1. The topological polar surface area (TPSA) is 99.8 Å². The van der Waals surface area contributed by atoms with E-state index < -0.39 is 5.91 Å². The van der Waals surface area contributed by atoms with Crippen molar-refractivity contribution in [1.29, 1.82) is 0 Å². The van der Waals surface area contributed by atoms with Gasteiger partial charge in [0.05, 0.1) is 12.6 Å². The molecular formula is C26H31Cl2N5O2. The van der Waals surface area contributed by atoms with Gasteiger partial charge in [-0.3, -0.25) is 9.59 Å². The molecule has 1 saturated carbocycles. The maximum Gasteiger partial charge on any atom is 0.239 e. The average Bonchev–Trinajstić information content (AvgIpc) is 2.84. The number of amides is 2. The first-order valence-electron chi connectivity index (χ1n) is 12.1. The fourth-order valence-electron chi connectivity index (χ4n) is 4.72. The molecule has 1 aliphatic carbocycles. The van der Waals surface area contributed by atoms with E-state index in [1.165, 1.54) is 19.3 Å². The lowest BCUT2D eigenvalue weighted by Crippen LogP contribution is -2.52. The number of rotatable bonds is 6. The fraction of sp³-hybridized carbons (Fsp3) is 0.423. The Labute approximate surface area is 216 Å². The third kappa shape index (κ3) is 6.89. The van der Waals surface area contributed by atoms with Gasteiger partial charge in [0.1, 0.15) is 0 Å². The van der Waals surface area contributed by atoms with Crippen molar-refractivity contribution in [3.8, 4) is 0 Å². The van der Waals surface area contributed by atoms with Gasteiger partial charge in [-0.25, -0.2) is 4.99 Å². The van der Waals surface area contributed by atoms with Crippen LogP contribution in [0, 0.1) is 0 Å². The van der Waals surface area contributed by atoms with E-state index in [2.05, 4.69) is 10.6 Å². The third-order valence-corrected chi connectivity index (χ3v) is 7.09. The number of hydrogen-bond donors (Lipinski definition) is 3. The zero-order valence-corrected chi connectivity index (χ0v) is 21.1. The van der Waals surface area contributed by atoms with Crippen LogP contribution in [0.15, 0.2) is 47.5 Å². The molecule has 0 spiro atoms. The second-order valence-electron chi connectivity index (χ2n) is 9.15. The summed E-state index contributed by atoms with van der Waals surface area (Å²) >= 11 is 12.5. The molecule has 9 heteroatoms. The molecule has 35 heavy (non-hydrogen) atoms. The van der Waals surface area contributed by atoms with Crippen LogP contribution in [-0.2, 0) is 9.59 Å². The molecule has 2 amide bonds. The number of carbonyl (C=O) groups is 2. The second-order valence-corrected chi connectivity index (χ2v) is 10.00. The summed E-state index contributed by atoms with van der Waals surface area (Å²) < 4.78 is 0. The molecule has 7 nitrogen and oxygen atoms in total. The van der Waals surface area contributed by atoms with Crippen LogP contribution in [0.5, 0.6) is 0 Å². The molecule has 2 aromatic rings. The number of benzene rings is 2. The third-order valence-electron chi connectivity index (χ3n) is 6.53. The number of piperazine rings is 1. The van der Waals surface area contributed by atoms with Gasteiger partial charge in [-0.1, -0.05) is 60.7 Å². The van der Waals surface area contributed by atoms with Crippen molar-refractivity contribution < 1.29 is 9.59 Å². The highest BCUT2D eigenvalue weighted by Crippen LogP contribution is 2.35. The van der Waals surface area contributed by atoms with Crippen LogP contribution in [0.1, 0.15) is 55.6 Å². The number of aliphatic imine (C=N–C) groups is 1. The van der Waals surface area contributed by atoms with Crippen molar-refractivity contribution in [2.24, 2.45) is 10.7 Å². The van der Waals surface area contributed by atoms with E-state index in [9.17, 15) is 9.59 Å². The molecule has 2 aromatic carbocycles. The van der Waals surface area contributed by atoms with Gasteiger partial charge in [-0.15, -0.1) is 0 Å². The molecule has 1 unspecified atom stereocenters. The molecule has 0 bridgehead atoms. The van der Waals surface area contributed by atoms with Crippen molar-refractivity contribution in [2.45, 2.75) is 50.5 Å². The van der Waals surface area contributed by atoms with E-state index in [1.54, 1.807) is 12.1 Å². The maximum absolute atomic E-state index is 12.0. The van der Waals surface area contributed by atoms with E-state index in [0.29, 0.717) is 23.1 Å². The highest BCUT2D eigenvalue weighted by Gasteiger charge is 2.23. The standard InChI is InChI=1S/C26H31Cl2N5O2/c27-18-8-11-21(23(28)14-18)22(15-24(29)34)17-6-9-20(10-7-17)32-26(31-19-4-2-1-3-5-19)33-13-12-30-25(35)16-33/h6-11,14,19,22H,1-5,12-13,15-16H2,(H2,29,34)(H,30,35)(H,31,32). The molecule has 1 aliphatic heterocycles. The van der Waals surface area contributed by atoms with Gasteiger partial charge in [0.15, 0.2) is 5.96 Å². The maximum atomic E-state index is 12.0. The van der Waals surface area contributed by atoms with Crippen LogP contribution in [0.25, 0.3) is 0 Å². The summed E-state index contributed by atoms with van der Waals surface area (Å²) in [6.07, 6.45) is 5.90. The molecule has 1 heterocycles. The molecule has 1 atom stereocenters. The largest absolute Gasteiger partial charge is 0.370 e. The lowest BCUT2D eigenvalue weighted by atomic mass is 9.88. The summed E-state index contributed by atoms with van der Waals surface area (Å²) in [6, 6.07) is 13.4. The Kier molecular flexibility index (Phi) is 8.52. The number of carbonyl (C=O) groups excluding carboxylic acids is 2. The van der Waals surface area contributed by atoms with Crippen molar-refractivity contribution in [1.82, 2.24) is 10.2 Å². The number of nitrogens with one attached hydrogen (secondary N) is 2. The van der Waals surface area contributed by atoms with Crippen molar-refractivity contribution in [2.75, 3.05) is 25.0 Å². The van der Waals surface area contributed by atoms with Crippen LogP contribution in [0.4, 0.5) is 5.69 Å². The normalized spacial score (nSPS) is 18.2. The number of hydrogen-bond acceptors (Lipinski definition) is 3. The van der Waals surface area contributed by atoms with Gasteiger partial charge in [0.25, 0.3) is 0 Å². The minimum atomic E-state index is -0.409. The highest BCUT2D eigenvalue weighted by atomic mass is 35.5. The lowest BCUT2D eigenvalue weighted by Gasteiger charge is -2.31. The monoisotopic (exact) mass is 515 g/mol. The molecule has 2 aliphatic rings. The van der Waals surface area contributed by atoms with Gasteiger partial charge in [0, 0.05) is 41.2 Å². The van der Waals surface area contributed by atoms with Crippen molar-refractivity contribution in [3.63, 3.8) is 0 Å². The smallest absolute Gasteiger partial charge is 0.239 e. The highest BCUT2D eigenvalue weighted by molar-refractivity contribution is 6.35. The quantitative estimate of drug-likeness (QED) is 0.388. The zero-order valence-electron chi connectivity index (χ0n) is 19.6. The Bertz CT molecular complexity index is 1080. The van der Waals surface area contributed by atoms with Gasteiger partial charge < -0.3 is 21.3 Å². The summed E-state index contributed by atoms with van der Waals surface area (Å²) in [5.41, 5.74) is 8.13. The Morgan fingerprint density at radius 2 is 1.89 bits per heavy atom. The summed E-state index contributed by atoms with van der Waals surface area (Å²) in [5, 5.41) is 7.35. The molecule has 4 rings (SSSR count). The minimum Gasteiger partial charge on any atom is -0.370 e. The predicted octanol–water partition coefficient (Wildman–Crippen LogP) is 4.53. The van der Waals surface area contributed by atoms with E-state index in [-0.39, 0.29) is 30.8 Å². The van der Waals surface area contributed by atoms with Gasteiger partial charge in [-0.2, -0.15) is 0 Å². The Morgan fingerprint density at radius 3 is 2.54 bits per heavy atom. The number of nitrogens with zero attached hydrogens (tertiary/aromatic N) is 2. The summed E-state index contributed by atoms with van der Waals surface area (Å²) in [4.78, 5) is 30.9. The molecule has 0 aromatic heterocycles. The SMILES string of the molecule is NC(=O)CC(c1ccc(NC(=NC2CCCCC2)N2CCNC(=O)C2)cc1)c1ccc(Cl)cc1Cl. The molecule has 2 fully saturated rings. The van der Waals surface area contributed by atoms with Gasteiger partial charge >= 0.3 is 0 Å². The van der Waals surface area contributed by atoms with Crippen LogP contribution in [-0.4, -0.2) is 48.3 Å². The molecule has 186 valence electrons. The number of halogens is 2. The molecular weight excluding hydrogens is 485 g/mol. The second kappa shape index (κ2) is 11.8. The van der Waals surface area contributed by atoms with Crippen LogP contribution in [0.2, 0.25) is 10.0 Å². The number of primary amides is 1. The van der Waals surface area contributed by atoms with Crippen molar-refractivity contribution >= 4 is 46.7 Å². The number of anilines is 1. The molecule has 0 radical (unpaired) electrons. The summed E-state index contributed by atoms with van der Waals surface area (Å²) in [6.45, 7) is 1.59. The van der Waals surface area contributed by atoms with Crippen LogP contribution < -0.4 is 16.4 Å². The van der Waals surface area contributed by atoms with E-state index in [4.69, 9.17) is 33.9 Å². The summed E-state index contributed by atoms with van der Waals surface area (Å²) in [7, 11) is 0. The van der Waals surface area contributed by atoms with Crippen LogP contribution in [0.3, 0.4) is 0 Å². The Balaban J connectivity index is 1.57. The predicted molar refractivity (Wildman–Crippen MR) is 141 cm³/mol. The Morgan fingerprint density at radius 1 is 1.14 bits per heavy atom. The van der Waals surface area contributed by atoms with Gasteiger partial charge in [0.2, 0.25) is 11.8 Å². The van der Waals surface area contributed by atoms with E-state index >= 15 is 0 Å². The lowest BCUT2D eigenvalue weighted by molar-refractivity contribution is -0.123. The minimum absolute atomic E-state index is 0.00104. The fourth-order valence-corrected chi connectivity index (χ4v) is 5.26. The zero-order chi connectivity index (χ0) is 24.8. The Hall–Kier alpha value is -2.77. The van der Waals surface area contributed by atoms with Crippen molar-refractivity contribution in [3.05, 3.63) is 63.6 Å². The average molecular weight is 516 g/mol. The van der Waals surface area contributed by atoms with E-state index in [1.807, 2.05) is 35.2 Å². The number of guanidine groups is 1. The van der Waals surface area contributed by atoms with E-state index in [0.717, 1.165) is 35.6 Å². The van der Waals surface area contributed by atoms with Crippen LogP contribution >= 0.6 is 23.2 Å². The van der Waals surface area contributed by atoms with Gasteiger partial charge in [-0.05, 0) is 48.2 Å².